The number of para-hydroxylation sites is 1. The van der Waals surface area contributed by atoms with Gasteiger partial charge in [-0.05, 0) is 50.2 Å². The highest BCUT2D eigenvalue weighted by Gasteiger charge is 2.20. The Morgan fingerprint density at radius 3 is 2.43 bits per heavy atom. The number of hydrogen-bond donors (Lipinski definition) is 1. The minimum atomic E-state index is -0.341. The number of rotatable bonds is 7. The third kappa shape index (κ3) is 4.66. The molecule has 156 valence electrons. The van der Waals surface area contributed by atoms with Crippen molar-refractivity contribution in [3.05, 3.63) is 76.5 Å². The normalized spacial score (nSPS) is 11.0. The molecule has 0 aliphatic rings. The number of nitrogens with one attached hydrogen (secondary N) is 1. The van der Waals surface area contributed by atoms with Gasteiger partial charge in [-0.25, -0.2) is 4.79 Å². The number of carbonyl (C=O) groups is 2. The highest BCUT2D eigenvalue weighted by Crippen LogP contribution is 2.25. The van der Waals surface area contributed by atoms with Crippen LogP contribution in [0.25, 0.3) is 10.9 Å². The maximum absolute atomic E-state index is 12.7. The molecule has 0 spiro atoms. The van der Waals surface area contributed by atoms with E-state index in [4.69, 9.17) is 9.72 Å². The minimum absolute atomic E-state index is 0.107. The van der Waals surface area contributed by atoms with Crippen LogP contribution in [0.3, 0.4) is 0 Å². The highest BCUT2D eigenvalue weighted by atomic mass is 16.5. The topological polar surface area (TPSA) is 71.5 Å². The molecule has 0 fully saturated rings. The van der Waals surface area contributed by atoms with Gasteiger partial charge < -0.3 is 10.1 Å². The molecule has 0 unspecified atom stereocenters. The minimum Gasteiger partial charge on any atom is -0.462 e. The van der Waals surface area contributed by atoms with E-state index in [1.165, 1.54) is 0 Å². The molecule has 0 aliphatic carbocycles. The van der Waals surface area contributed by atoms with Crippen molar-refractivity contribution in [2.75, 3.05) is 20.7 Å². The van der Waals surface area contributed by atoms with Crippen molar-refractivity contribution in [3.63, 3.8) is 0 Å². The first kappa shape index (κ1) is 21.5. The van der Waals surface area contributed by atoms with Crippen molar-refractivity contribution >= 4 is 22.8 Å². The van der Waals surface area contributed by atoms with Crippen molar-refractivity contribution < 1.29 is 14.3 Å². The van der Waals surface area contributed by atoms with Crippen molar-refractivity contribution in [2.24, 2.45) is 0 Å². The van der Waals surface area contributed by atoms with Gasteiger partial charge in [-0.1, -0.05) is 30.3 Å². The first-order valence-electron chi connectivity index (χ1n) is 9.99. The summed E-state index contributed by atoms with van der Waals surface area (Å²) in [5.41, 5.74) is 4.69. The maximum atomic E-state index is 12.7. The molecule has 0 aliphatic heterocycles. The van der Waals surface area contributed by atoms with Crippen LogP contribution in [0.15, 0.2) is 48.5 Å². The number of hydrogen-bond acceptors (Lipinski definition) is 5. The van der Waals surface area contributed by atoms with E-state index in [9.17, 15) is 9.59 Å². The summed E-state index contributed by atoms with van der Waals surface area (Å²) in [6, 6.07) is 15.3. The largest absolute Gasteiger partial charge is 0.462 e. The van der Waals surface area contributed by atoms with E-state index < -0.39 is 0 Å². The van der Waals surface area contributed by atoms with Crippen molar-refractivity contribution in [1.29, 1.82) is 0 Å². The van der Waals surface area contributed by atoms with Crippen LogP contribution in [0.2, 0.25) is 0 Å². The number of nitrogens with zero attached hydrogens (tertiary/aromatic N) is 2. The average Bonchev–Trinajstić information content (AvgIpc) is 2.74. The molecule has 1 heterocycles. The smallest absolute Gasteiger partial charge is 0.340 e. The fourth-order valence-electron chi connectivity index (χ4n) is 3.56. The van der Waals surface area contributed by atoms with E-state index in [1.54, 1.807) is 14.0 Å². The summed E-state index contributed by atoms with van der Waals surface area (Å²) in [6.07, 6.45) is 0. The van der Waals surface area contributed by atoms with Gasteiger partial charge in [0.15, 0.2) is 0 Å². The van der Waals surface area contributed by atoms with Gasteiger partial charge in [0.1, 0.15) is 0 Å². The first-order chi connectivity index (χ1) is 14.4. The van der Waals surface area contributed by atoms with Gasteiger partial charge in [0.2, 0.25) is 0 Å². The Morgan fingerprint density at radius 1 is 1.07 bits per heavy atom. The van der Waals surface area contributed by atoms with E-state index in [0.717, 1.165) is 22.0 Å². The zero-order valence-electron chi connectivity index (χ0n) is 17.9. The van der Waals surface area contributed by atoms with Gasteiger partial charge in [-0.2, -0.15) is 0 Å². The predicted octanol–water partition coefficient (Wildman–Crippen LogP) is 3.71. The Labute approximate surface area is 176 Å². The van der Waals surface area contributed by atoms with E-state index in [-0.39, 0.29) is 11.9 Å². The lowest BCUT2D eigenvalue weighted by Gasteiger charge is -2.20. The molecule has 0 saturated heterocycles. The number of amides is 1. The Hall–Kier alpha value is -3.25. The Morgan fingerprint density at radius 2 is 1.77 bits per heavy atom. The average molecular weight is 405 g/mol. The molecule has 6 nitrogen and oxygen atoms in total. The van der Waals surface area contributed by atoms with Crippen LogP contribution in [-0.2, 0) is 17.8 Å². The molecular formula is C24H27N3O3. The van der Waals surface area contributed by atoms with Crippen molar-refractivity contribution in [1.82, 2.24) is 15.2 Å². The third-order valence-electron chi connectivity index (χ3n) is 5.02. The van der Waals surface area contributed by atoms with Gasteiger partial charge in [0.05, 0.1) is 23.4 Å². The molecule has 30 heavy (non-hydrogen) atoms. The molecule has 3 aromatic rings. The summed E-state index contributed by atoms with van der Waals surface area (Å²) >= 11 is 0. The molecule has 2 aromatic carbocycles. The molecule has 1 N–H and O–H groups in total. The van der Waals surface area contributed by atoms with Crippen LogP contribution in [0.4, 0.5) is 0 Å². The number of carbonyl (C=O) groups excluding carboxylic acids is 2. The molecule has 1 amide bonds. The fraction of sp³-hybridized carbons (Fsp3) is 0.292. The van der Waals surface area contributed by atoms with Crippen LogP contribution in [0.5, 0.6) is 0 Å². The molecule has 1 aromatic heterocycles. The summed E-state index contributed by atoms with van der Waals surface area (Å²) in [5.74, 6) is -0.448. The number of aromatic nitrogens is 1. The monoisotopic (exact) mass is 405 g/mol. The molecule has 3 rings (SSSR count). The van der Waals surface area contributed by atoms with Crippen LogP contribution >= 0.6 is 0 Å². The molecule has 0 radical (unpaired) electrons. The van der Waals surface area contributed by atoms with Crippen LogP contribution in [-0.4, -0.2) is 42.5 Å². The van der Waals surface area contributed by atoms with Crippen LogP contribution in [0, 0.1) is 6.92 Å². The second-order valence-electron chi connectivity index (χ2n) is 7.24. The molecule has 0 atom stereocenters. The number of benzene rings is 2. The maximum Gasteiger partial charge on any atom is 0.340 e. The summed E-state index contributed by atoms with van der Waals surface area (Å²) in [7, 11) is 3.59. The molecule has 6 heteroatoms. The van der Waals surface area contributed by atoms with E-state index in [0.29, 0.717) is 36.5 Å². The summed E-state index contributed by atoms with van der Waals surface area (Å²) in [5, 5.41) is 3.58. The number of esters is 1. The molecular weight excluding hydrogens is 378 g/mol. The second-order valence-corrected chi connectivity index (χ2v) is 7.24. The number of ether oxygens (including phenoxy) is 1. The summed E-state index contributed by atoms with van der Waals surface area (Å²) in [6.45, 7) is 5.21. The quantitative estimate of drug-likeness (QED) is 0.607. The van der Waals surface area contributed by atoms with Crippen molar-refractivity contribution in [3.8, 4) is 0 Å². The van der Waals surface area contributed by atoms with E-state index in [2.05, 4.69) is 10.2 Å². The lowest BCUT2D eigenvalue weighted by Crippen LogP contribution is -2.22. The third-order valence-corrected chi connectivity index (χ3v) is 5.02. The lowest BCUT2D eigenvalue weighted by atomic mass is 10.0. The van der Waals surface area contributed by atoms with Gasteiger partial charge >= 0.3 is 5.97 Å². The van der Waals surface area contributed by atoms with Gasteiger partial charge in [-0.15, -0.1) is 0 Å². The standard InChI is InChI=1S/C24H27N3O3/c1-5-30-24(29)22-16(2)19-8-6-7-9-20(19)26-21(22)15-27(4)14-17-10-12-18(13-11-17)23(28)25-3/h6-13H,5,14-15H2,1-4H3,(H,25,28). The highest BCUT2D eigenvalue weighted by molar-refractivity contribution is 5.98. The number of fused-ring (bicyclic) bond motifs is 1. The van der Waals surface area contributed by atoms with E-state index >= 15 is 0 Å². The second kappa shape index (κ2) is 9.50. The summed E-state index contributed by atoms with van der Waals surface area (Å²) < 4.78 is 5.31. The molecule has 0 saturated carbocycles. The first-order valence-corrected chi connectivity index (χ1v) is 9.99. The lowest BCUT2D eigenvalue weighted by molar-refractivity contribution is 0.0522. The Bertz CT molecular complexity index is 1060. The van der Waals surface area contributed by atoms with Gasteiger partial charge in [-0.3, -0.25) is 14.7 Å². The zero-order valence-corrected chi connectivity index (χ0v) is 17.9. The van der Waals surface area contributed by atoms with E-state index in [1.807, 2.05) is 62.5 Å². The SMILES string of the molecule is CCOC(=O)c1c(CN(C)Cc2ccc(C(=O)NC)cc2)nc2ccccc2c1C. The number of aryl methyl sites for hydroxylation is 1. The van der Waals surface area contributed by atoms with Crippen molar-refractivity contribution in [2.45, 2.75) is 26.9 Å². The van der Waals surface area contributed by atoms with Gasteiger partial charge in [0.25, 0.3) is 5.91 Å². The van der Waals surface area contributed by atoms with Crippen LogP contribution < -0.4 is 5.32 Å². The zero-order chi connectivity index (χ0) is 21.7. The molecule has 0 bridgehead atoms. The summed E-state index contributed by atoms with van der Waals surface area (Å²) in [4.78, 5) is 31.3. The fourth-order valence-corrected chi connectivity index (χ4v) is 3.56. The van der Waals surface area contributed by atoms with Crippen LogP contribution in [0.1, 0.15) is 44.5 Å². The Balaban J connectivity index is 1.87. The predicted molar refractivity (Wildman–Crippen MR) is 117 cm³/mol. The Kier molecular flexibility index (Phi) is 6.79. The number of pyridine rings is 1. The van der Waals surface area contributed by atoms with Gasteiger partial charge in [0, 0.05) is 31.1 Å².